The van der Waals surface area contributed by atoms with Crippen LogP contribution in [0.25, 0.3) is 0 Å². The fourth-order valence-corrected chi connectivity index (χ4v) is 4.36. The molecule has 4 rings (SSSR count). The van der Waals surface area contributed by atoms with Crippen molar-refractivity contribution in [3.8, 4) is 0 Å². The molecule has 5 nitrogen and oxygen atoms in total. The lowest BCUT2D eigenvalue weighted by molar-refractivity contribution is -0.125. The number of amides is 1. The Morgan fingerprint density at radius 1 is 1.33 bits per heavy atom. The Morgan fingerprint density at radius 2 is 2.17 bits per heavy atom. The SMILES string of the molecule is Cn1cnc(CN2C[C@@H](c3ccccc3)[C@]3(CCCC(=O)N3)C2)c1. The predicted octanol–water partition coefficient (Wildman–Crippen LogP) is 2.06. The van der Waals surface area contributed by atoms with E-state index in [-0.39, 0.29) is 11.4 Å². The molecular formula is C19H24N4O. The fraction of sp³-hybridized carbons (Fsp3) is 0.474. The number of aryl methyl sites for hydroxylation is 1. The average Bonchev–Trinajstić information content (AvgIpc) is 3.12. The second-order valence-electron chi connectivity index (χ2n) is 7.22. The number of nitrogens with one attached hydrogen (secondary N) is 1. The summed E-state index contributed by atoms with van der Waals surface area (Å²) in [6.07, 6.45) is 6.60. The number of aromatic nitrogens is 2. The van der Waals surface area contributed by atoms with E-state index >= 15 is 0 Å². The van der Waals surface area contributed by atoms with Gasteiger partial charge in [-0.1, -0.05) is 30.3 Å². The minimum absolute atomic E-state index is 0.133. The lowest BCUT2D eigenvalue weighted by Crippen LogP contribution is -2.56. The summed E-state index contributed by atoms with van der Waals surface area (Å²) in [7, 11) is 2.00. The molecule has 2 aliphatic heterocycles. The Bertz CT molecular complexity index is 726. The second kappa shape index (κ2) is 6.06. The fourth-order valence-electron chi connectivity index (χ4n) is 4.36. The van der Waals surface area contributed by atoms with Crippen molar-refractivity contribution in [3.63, 3.8) is 0 Å². The zero-order valence-electron chi connectivity index (χ0n) is 14.1. The first kappa shape index (κ1) is 15.4. The summed E-state index contributed by atoms with van der Waals surface area (Å²) >= 11 is 0. The van der Waals surface area contributed by atoms with Crippen LogP contribution >= 0.6 is 0 Å². The highest BCUT2D eigenvalue weighted by molar-refractivity contribution is 5.78. The van der Waals surface area contributed by atoms with Crippen LogP contribution in [0.5, 0.6) is 0 Å². The van der Waals surface area contributed by atoms with Crippen molar-refractivity contribution in [2.45, 2.75) is 37.3 Å². The van der Waals surface area contributed by atoms with Crippen molar-refractivity contribution < 1.29 is 4.79 Å². The normalized spacial score (nSPS) is 27.5. The van der Waals surface area contributed by atoms with E-state index in [4.69, 9.17) is 0 Å². The van der Waals surface area contributed by atoms with E-state index in [0.717, 1.165) is 38.2 Å². The summed E-state index contributed by atoms with van der Waals surface area (Å²) in [5.41, 5.74) is 2.28. The molecule has 2 atom stereocenters. The van der Waals surface area contributed by atoms with Gasteiger partial charge in [0.1, 0.15) is 0 Å². The maximum atomic E-state index is 12.1. The number of carbonyl (C=O) groups is 1. The summed E-state index contributed by atoms with van der Waals surface area (Å²) in [6.45, 7) is 2.69. The number of benzene rings is 1. The van der Waals surface area contributed by atoms with Crippen LogP contribution in [0, 0.1) is 0 Å². The third-order valence-corrected chi connectivity index (χ3v) is 5.37. The molecule has 1 spiro atoms. The highest BCUT2D eigenvalue weighted by Crippen LogP contribution is 2.41. The number of piperidine rings is 1. The topological polar surface area (TPSA) is 50.2 Å². The highest BCUT2D eigenvalue weighted by Gasteiger charge is 2.49. The maximum absolute atomic E-state index is 12.1. The van der Waals surface area contributed by atoms with Gasteiger partial charge >= 0.3 is 0 Å². The van der Waals surface area contributed by atoms with Crippen LogP contribution in [0.3, 0.4) is 0 Å². The summed E-state index contributed by atoms with van der Waals surface area (Å²) < 4.78 is 1.98. The molecule has 126 valence electrons. The number of hydrogen-bond donors (Lipinski definition) is 1. The molecule has 1 amide bonds. The van der Waals surface area contributed by atoms with Crippen molar-refractivity contribution in [2.75, 3.05) is 13.1 Å². The van der Waals surface area contributed by atoms with Gasteiger partial charge in [0.2, 0.25) is 5.91 Å². The minimum atomic E-state index is -0.133. The number of imidazole rings is 1. The van der Waals surface area contributed by atoms with Crippen molar-refractivity contribution >= 4 is 5.91 Å². The lowest BCUT2D eigenvalue weighted by Gasteiger charge is -2.39. The molecule has 1 N–H and O–H groups in total. The summed E-state index contributed by atoms with van der Waals surface area (Å²) in [6, 6.07) is 10.6. The first-order valence-corrected chi connectivity index (χ1v) is 8.70. The van der Waals surface area contributed by atoms with Gasteiger partial charge in [0.05, 0.1) is 17.6 Å². The molecular weight excluding hydrogens is 300 g/mol. The molecule has 2 aromatic rings. The number of likely N-dealkylation sites (tertiary alicyclic amines) is 1. The number of carbonyl (C=O) groups excluding carboxylic acids is 1. The van der Waals surface area contributed by atoms with E-state index in [1.165, 1.54) is 5.56 Å². The predicted molar refractivity (Wildman–Crippen MR) is 92.4 cm³/mol. The van der Waals surface area contributed by atoms with E-state index in [1.54, 1.807) is 0 Å². The third kappa shape index (κ3) is 2.84. The van der Waals surface area contributed by atoms with Crippen LogP contribution in [0.15, 0.2) is 42.9 Å². The Kier molecular flexibility index (Phi) is 3.88. The highest BCUT2D eigenvalue weighted by atomic mass is 16.1. The molecule has 1 aromatic heterocycles. The molecule has 5 heteroatoms. The Hall–Kier alpha value is -2.14. The molecule has 1 aromatic carbocycles. The van der Waals surface area contributed by atoms with Gasteiger partial charge in [-0.05, 0) is 18.4 Å². The molecule has 0 saturated carbocycles. The van der Waals surface area contributed by atoms with Crippen molar-refractivity contribution in [1.82, 2.24) is 19.8 Å². The van der Waals surface area contributed by atoms with E-state index in [9.17, 15) is 4.79 Å². The quantitative estimate of drug-likeness (QED) is 0.940. The molecule has 0 bridgehead atoms. The Morgan fingerprint density at radius 3 is 2.88 bits per heavy atom. The molecule has 0 unspecified atom stereocenters. The summed E-state index contributed by atoms with van der Waals surface area (Å²) in [5, 5.41) is 3.36. The third-order valence-electron chi connectivity index (χ3n) is 5.37. The van der Waals surface area contributed by atoms with Gasteiger partial charge in [0, 0.05) is 45.2 Å². The van der Waals surface area contributed by atoms with Gasteiger partial charge in [-0.25, -0.2) is 4.98 Å². The summed E-state index contributed by atoms with van der Waals surface area (Å²) in [5.74, 6) is 0.536. The molecule has 2 saturated heterocycles. The van der Waals surface area contributed by atoms with Gasteiger partial charge in [0.15, 0.2) is 0 Å². The van der Waals surface area contributed by atoms with Crippen molar-refractivity contribution in [2.24, 2.45) is 7.05 Å². The standard InChI is InChI=1S/C19H24N4O/c1-22-10-16(20-14-22)11-23-12-17(15-6-3-2-4-7-15)19(13-23)9-5-8-18(24)21-19/h2-4,6-7,10,14,17H,5,8-9,11-13H2,1H3,(H,21,24)/t17-,19-/m0/s1. The maximum Gasteiger partial charge on any atom is 0.220 e. The average molecular weight is 324 g/mol. The van der Waals surface area contributed by atoms with Gasteiger partial charge in [-0.15, -0.1) is 0 Å². The van der Waals surface area contributed by atoms with Gasteiger partial charge in [-0.3, -0.25) is 9.69 Å². The van der Waals surface area contributed by atoms with E-state index < -0.39 is 0 Å². The monoisotopic (exact) mass is 324 g/mol. The number of rotatable bonds is 3. The Labute approximate surface area is 142 Å². The molecule has 3 heterocycles. The minimum Gasteiger partial charge on any atom is -0.349 e. The first-order valence-electron chi connectivity index (χ1n) is 8.70. The zero-order valence-corrected chi connectivity index (χ0v) is 14.1. The van der Waals surface area contributed by atoms with Crippen LogP contribution in [-0.2, 0) is 18.4 Å². The van der Waals surface area contributed by atoms with Crippen LogP contribution in [0.1, 0.15) is 36.4 Å². The van der Waals surface area contributed by atoms with Gasteiger partial charge in [-0.2, -0.15) is 0 Å². The molecule has 0 aliphatic carbocycles. The van der Waals surface area contributed by atoms with Crippen molar-refractivity contribution in [3.05, 3.63) is 54.1 Å². The molecule has 24 heavy (non-hydrogen) atoms. The van der Waals surface area contributed by atoms with Crippen molar-refractivity contribution in [1.29, 1.82) is 0 Å². The molecule has 2 fully saturated rings. The lowest BCUT2D eigenvalue weighted by atomic mass is 9.76. The van der Waals surface area contributed by atoms with Crippen LogP contribution in [0.4, 0.5) is 0 Å². The summed E-state index contributed by atoms with van der Waals surface area (Å²) in [4.78, 5) is 19.0. The number of nitrogens with zero attached hydrogens (tertiary/aromatic N) is 3. The molecule has 2 aliphatic rings. The van der Waals surface area contributed by atoms with Crippen LogP contribution in [-0.4, -0.2) is 39.0 Å². The van der Waals surface area contributed by atoms with E-state index in [1.807, 2.05) is 17.9 Å². The second-order valence-corrected chi connectivity index (χ2v) is 7.22. The zero-order chi connectivity index (χ0) is 16.6. The number of hydrogen-bond acceptors (Lipinski definition) is 3. The van der Waals surface area contributed by atoms with Crippen LogP contribution in [0.2, 0.25) is 0 Å². The Balaban J connectivity index is 1.61. The van der Waals surface area contributed by atoms with Gasteiger partial charge < -0.3 is 9.88 Å². The smallest absolute Gasteiger partial charge is 0.220 e. The van der Waals surface area contributed by atoms with Crippen LogP contribution < -0.4 is 5.32 Å². The first-order chi connectivity index (χ1) is 11.6. The molecule has 0 radical (unpaired) electrons. The van der Waals surface area contributed by atoms with Gasteiger partial charge in [0.25, 0.3) is 0 Å². The van der Waals surface area contributed by atoms with E-state index in [0.29, 0.717) is 12.3 Å². The largest absolute Gasteiger partial charge is 0.349 e. The van der Waals surface area contributed by atoms with E-state index in [2.05, 4.69) is 51.7 Å².